The summed E-state index contributed by atoms with van der Waals surface area (Å²) in [4.78, 5) is 25.0. The molecule has 5 heteroatoms. The van der Waals surface area contributed by atoms with Crippen molar-refractivity contribution in [3.05, 3.63) is 35.9 Å². The van der Waals surface area contributed by atoms with Crippen LogP contribution in [-0.4, -0.2) is 34.4 Å². The van der Waals surface area contributed by atoms with Crippen molar-refractivity contribution in [2.24, 2.45) is 5.92 Å². The van der Waals surface area contributed by atoms with Gasteiger partial charge in [-0.2, -0.15) is 0 Å². The Bertz CT molecular complexity index is 468. The summed E-state index contributed by atoms with van der Waals surface area (Å²) in [5.41, 5.74) is 0.584. The van der Waals surface area contributed by atoms with Gasteiger partial charge in [0.15, 0.2) is 5.78 Å². The molecule has 1 fully saturated rings. The first-order chi connectivity index (χ1) is 10.2. The van der Waals surface area contributed by atoms with Gasteiger partial charge >= 0.3 is 5.97 Å². The van der Waals surface area contributed by atoms with Crippen LogP contribution in [0.25, 0.3) is 0 Å². The number of carbonyl (C=O) groups excluding carboxylic acids is 2. The molecule has 0 saturated carbocycles. The molecule has 0 unspecified atom stereocenters. The quantitative estimate of drug-likeness (QED) is 0.470. The molecule has 0 amide bonds. The fourth-order valence-corrected chi connectivity index (χ4v) is 5.22. The van der Waals surface area contributed by atoms with Gasteiger partial charge in [-0.05, 0) is 31.3 Å². The van der Waals surface area contributed by atoms with E-state index < -0.39 is 11.9 Å². The lowest BCUT2D eigenvalue weighted by atomic mass is 9.99. The summed E-state index contributed by atoms with van der Waals surface area (Å²) in [6, 6.07) is 9.04. The second-order valence-electron chi connectivity index (χ2n) is 4.78. The zero-order chi connectivity index (χ0) is 15.1. The fraction of sp³-hybridized carbons (Fsp3) is 0.500. The molecule has 1 aromatic carbocycles. The molecule has 114 valence electrons. The van der Waals surface area contributed by atoms with Crippen molar-refractivity contribution in [2.45, 2.75) is 24.3 Å². The SMILES string of the molecule is CCOC(=O)[C@H](C(=O)c1ccccc1)C1SCCCCS1. The van der Waals surface area contributed by atoms with Crippen molar-refractivity contribution >= 4 is 35.3 Å². The first-order valence-electron chi connectivity index (χ1n) is 7.23. The summed E-state index contributed by atoms with van der Waals surface area (Å²) in [6.45, 7) is 2.08. The Hall–Kier alpha value is -0.940. The minimum absolute atomic E-state index is 0.0424. The van der Waals surface area contributed by atoms with E-state index in [0.717, 1.165) is 24.3 Å². The minimum atomic E-state index is -0.708. The Kier molecular flexibility index (Phi) is 6.64. The summed E-state index contributed by atoms with van der Waals surface area (Å²) in [7, 11) is 0. The van der Waals surface area contributed by atoms with E-state index >= 15 is 0 Å². The monoisotopic (exact) mass is 324 g/mol. The van der Waals surface area contributed by atoms with E-state index in [0.29, 0.717) is 12.2 Å². The summed E-state index contributed by atoms with van der Waals surface area (Å²) >= 11 is 3.42. The third kappa shape index (κ3) is 4.51. The number of ether oxygens (including phenoxy) is 1. The van der Waals surface area contributed by atoms with E-state index in [4.69, 9.17) is 4.74 Å². The van der Waals surface area contributed by atoms with Gasteiger partial charge in [0.05, 0.1) is 11.2 Å². The Morgan fingerprint density at radius 2 is 1.81 bits per heavy atom. The molecule has 0 spiro atoms. The third-order valence-electron chi connectivity index (χ3n) is 3.26. The maximum absolute atomic E-state index is 12.7. The maximum Gasteiger partial charge on any atom is 0.318 e. The van der Waals surface area contributed by atoms with Gasteiger partial charge in [-0.1, -0.05) is 30.3 Å². The fourth-order valence-electron chi connectivity index (χ4n) is 2.20. The summed E-state index contributed by atoms with van der Waals surface area (Å²) < 4.78 is 5.11. The van der Waals surface area contributed by atoms with Gasteiger partial charge in [0.2, 0.25) is 0 Å². The lowest BCUT2D eigenvalue weighted by Gasteiger charge is -2.22. The van der Waals surface area contributed by atoms with E-state index in [2.05, 4.69) is 0 Å². The van der Waals surface area contributed by atoms with Crippen LogP contribution in [0.2, 0.25) is 0 Å². The van der Waals surface area contributed by atoms with Crippen molar-refractivity contribution in [1.29, 1.82) is 0 Å². The summed E-state index contributed by atoms with van der Waals surface area (Å²) in [5, 5.41) is 0. The number of hydrogen-bond donors (Lipinski definition) is 0. The van der Waals surface area contributed by atoms with Gasteiger partial charge in [0, 0.05) is 5.56 Å². The van der Waals surface area contributed by atoms with Crippen LogP contribution in [0.15, 0.2) is 30.3 Å². The van der Waals surface area contributed by atoms with Crippen LogP contribution >= 0.6 is 23.5 Å². The van der Waals surface area contributed by atoms with Gasteiger partial charge in [0.1, 0.15) is 5.92 Å². The molecule has 0 aliphatic carbocycles. The van der Waals surface area contributed by atoms with E-state index in [9.17, 15) is 9.59 Å². The van der Waals surface area contributed by atoms with E-state index in [-0.39, 0.29) is 10.4 Å². The van der Waals surface area contributed by atoms with E-state index in [1.807, 2.05) is 18.2 Å². The third-order valence-corrected chi connectivity index (χ3v) is 6.32. The highest BCUT2D eigenvalue weighted by Gasteiger charge is 2.37. The molecule has 0 N–H and O–H groups in total. The number of esters is 1. The number of benzene rings is 1. The molecule has 1 aromatic rings. The highest BCUT2D eigenvalue weighted by Crippen LogP contribution is 2.37. The van der Waals surface area contributed by atoms with Crippen LogP contribution < -0.4 is 0 Å². The normalized spacial score (nSPS) is 17.8. The van der Waals surface area contributed by atoms with Gasteiger partial charge in [-0.25, -0.2) is 0 Å². The lowest BCUT2D eigenvalue weighted by molar-refractivity contribution is -0.145. The van der Waals surface area contributed by atoms with Gasteiger partial charge in [0.25, 0.3) is 0 Å². The smallest absolute Gasteiger partial charge is 0.318 e. The van der Waals surface area contributed by atoms with Gasteiger partial charge in [-0.3, -0.25) is 9.59 Å². The number of thioether (sulfide) groups is 2. The number of ketones is 1. The first kappa shape index (κ1) is 16.4. The zero-order valence-electron chi connectivity index (χ0n) is 12.1. The predicted molar refractivity (Wildman–Crippen MR) is 88.8 cm³/mol. The van der Waals surface area contributed by atoms with Crippen LogP contribution in [0.4, 0.5) is 0 Å². The predicted octanol–water partition coefficient (Wildman–Crippen LogP) is 3.63. The largest absolute Gasteiger partial charge is 0.465 e. The molecule has 3 nitrogen and oxygen atoms in total. The maximum atomic E-state index is 12.7. The number of carbonyl (C=O) groups is 2. The molecule has 1 atom stereocenters. The molecule has 21 heavy (non-hydrogen) atoms. The van der Waals surface area contributed by atoms with E-state index in [1.54, 1.807) is 42.6 Å². The molecule has 1 saturated heterocycles. The second-order valence-corrected chi connectivity index (χ2v) is 7.57. The molecule has 1 aliphatic heterocycles. The molecule has 0 aromatic heterocycles. The molecular weight excluding hydrogens is 304 g/mol. The van der Waals surface area contributed by atoms with Crippen molar-refractivity contribution in [3.63, 3.8) is 0 Å². The average molecular weight is 324 g/mol. The topological polar surface area (TPSA) is 43.4 Å². The summed E-state index contributed by atoms with van der Waals surface area (Å²) in [6.07, 6.45) is 2.28. The Morgan fingerprint density at radius 1 is 1.19 bits per heavy atom. The van der Waals surface area contributed by atoms with Gasteiger partial charge < -0.3 is 4.74 Å². The Balaban J connectivity index is 2.22. The van der Waals surface area contributed by atoms with Crippen molar-refractivity contribution < 1.29 is 14.3 Å². The van der Waals surface area contributed by atoms with Crippen molar-refractivity contribution in [3.8, 4) is 0 Å². The van der Waals surface area contributed by atoms with E-state index in [1.165, 1.54) is 0 Å². The zero-order valence-corrected chi connectivity index (χ0v) is 13.8. The molecular formula is C16H20O3S2. The molecule has 1 aliphatic rings. The number of Topliss-reactive ketones (excluding diaryl/α,β-unsaturated/α-hetero) is 1. The molecule has 1 heterocycles. The highest BCUT2D eigenvalue weighted by molar-refractivity contribution is 8.17. The van der Waals surface area contributed by atoms with Crippen LogP contribution in [0, 0.1) is 5.92 Å². The second kappa shape index (κ2) is 8.49. The standard InChI is InChI=1S/C16H20O3S2/c1-2-19-15(18)13(16-20-10-6-7-11-21-16)14(17)12-8-4-3-5-9-12/h3-5,8-9,13,16H,2,6-7,10-11H2,1H3/t13-/m0/s1. The van der Waals surface area contributed by atoms with Crippen molar-refractivity contribution in [1.82, 2.24) is 0 Å². The number of hydrogen-bond acceptors (Lipinski definition) is 5. The summed E-state index contributed by atoms with van der Waals surface area (Å²) in [5.74, 6) is 0.769. The number of rotatable bonds is 5. The van der Waals surface area contributed by atoms with Crippen molar-refractivity contribution in [2.75, 3.05) is 18.1 Å². The molecule has 0 radical (unpaired) electrons. The minimum Gasteiger partial charge on any atom is -0.465 e. The van der Waals surface area contributed by atoms with Crippen LogP contribution in [0.1, 0.15) is 30.1 Å². The Morgan fingerprint density at radius 3 is 2.38 bits per heavy atom. The highest BCUT2D eigenvalue weighted by atomic mass is 32.2. The average Bonchev–Trinajstić information content (AvgIpc) is 2.78. The first-order valence-corrected chi connectivity index (χ1v) is 9.33. The van der Waals surface area contributed by atoms with Crippen LogP contribution in [0.5, 0.6) is 0 Å². The van der Waals surface area contributed by atoms with Crippen LogP contribution in [-0.2, 0) is 9.53 Å². The lowest BCUT2D eigenvalue weighted by Crippen LogP contribution is -2.33. The van der Waals surface area contributed by atoms with Gasteiger partial charge in [-0.15, -0.1) is 23.5 Å². The molecule has 0 bridgehead atoms. The Labute approximate surface area is 134 Å². The molecule has 2 rings (SSSR count). The van der Waals surface area contributed by atoms with Crippen LogP contribution in [0.3, 0.4) is 0 Å².